The fourth-order valence-corrected chi connectivity index (χ4v) is 2.62. The number of carbonyl (C=O) groups excluding carboxylic acids is 1. The molecule has 0 fully saturated rings. The quantitative estimate of drug-likeness (QED) is 0.490. The largest absolute Gasteiger partial charge is 0.462 e. The van der Waals surface area contributed by atoms with E-state index in [0.29, 0.717) is 34.4 Å². The zero-order valence-corrected chi connectivity index (χ0v) is 17.7. The van der Waals surface area contributed by atoms with Crippen molar-refractivity contribution >= 4 is 34.8 Å². The van der Waals surface area contributed by atoms with Crippen LogP contribution in [0.4, 0.5) is 17.2 Å². The maximum absolute atomic E-state index is 12.0. The number of nitrogens with one attached hydrogen (secondary N) is 1. The second-order valence-electron chi connectivity index (χ2n) is 7.15. The second kappa shape index (κ2) is 9.45. The van der Waals surface area contributed by atoms with Crippen LogP contribution in [0, 0.1) is 12.8 Å². The van der Waals surface area contributed by atoms with Gasteiger partial charge in [-0.25, -0.2) is 9.78 Å². The van der Waals surface area contributed by atoms with Gasteiger partial charge in [0.25, 0.3) is 0 Å². The number of nitrogen functional groups attached to an aromatic ring is 1. The molecule has 3 aromatic rings. The van der Waals surface area contributed by atoms with E-state index < -0.39 is 0 Å². The van der Waals surface area contributed by atoms with Crippen molar-refractivity contribution in [2.24, 2.45) is 5.92 Å². The van der Waals surface area contributed by atoms with Gasteiger partial charge in [0, 0.05) is 10.7 Å². The third kappa shape index (κ3) is 5.39. The summed E-state index contributed by atoms with van der Waals surface area (Å²) in [6, 6.07) is 12.1. The number of hydrogen-bond donors (Lipinski definition) is 2. The Hall–Kier alpha value is -3.32. The van der Waals surface area contributed by atoms with Gasteiger partial charge in [0.1, 0.15) is 17.8 Å². The Morgan fingerprint density at radius 3 is 2.57 bits per heavy atom. The molecule has 30 heavy (non-hydrogen) atoms. The predicted molar refractivity (Wildman–Crippen MR) is 118 cm³/mol. The van der Waals surface area contributed by atoms with Gasteiger partial charge in [0.05, 0.1) is 12.2 Å². The number of benzene rings is 2. The van der Waals surface area contributed by atoms with E-state index in [4.69, 9.17) is 26.8 Å². The van der Waals surface area contributed by atoms with Gasteiger partial charge in [-0.15, -0.1) is 0 Å². The maximum Gasteiger partial charge on any atom is 0.338 e. The van der Waals surface area contributed by atoms with Crippen LogP contribution in [-0.2, 0) is 4.74 Å². The third-order valence-corrected chi connectivity index (χ3v) is 4.55. The van der Waals surface area contributed by atoms with E-state index in [9.17, 15) is 4.79 Å². The lowest BCUT2D eigenvalue weighted by Gasteiger charge is -2.12. The fraction of sp³-hybridized carbons (Fsp3) is 0.227. The summed E-state index contributed by atoms with van der Waals surface area (Å²) >= 11 is 6.05. The van der Waals surface area contributed by atoms with Crippen molar-refractivity contribution in [3.63, 3.8) is 0 Å². The molecule has 0 amide bonds. The van der Waals surface area contributed by atoms with E-state index in [-0.39, 0.29) is 23.5 Å². The highest BCUT2D eigenvalue weighted by atomic mass is 35.5. The molecule has 8 heteroatoms. The first kappa shape index (κ1) is 21.4. The summed E-state index contributed by atoms with van der Waals surface area (Å²) in [5.41, 5.74) is 8.49. The molecule has 2 aromatic carbocycles. The molecule has 0 aliphatic heterocycles. The monoisotopic (exact) mass is 426 g/mol. The summed E-state index contributed by atoms with van der Waals surface area (Å²) in [6.45, 7) is 6.23. The zero-order valence-electron chi connectivity index (χ0n) is 17.0. The number of aromatic nitrogens is 2. The van der Waals surface area contributed by atoms with Crippen LogP contribution >= 0.6 is 11.6 Å². The Bertz CT molecular complexity index is 1040. The van der Waals surface area contributed by atoms with Crippen LogP contribution < -0.4 is 15.8 Å². The van der Waals surface area contributed by atoms with Gasteiger partial charge >= 0.3 is 5.97 Å². The normalized spacial score (nSPS) is 10.7. The Labute approximate surface area is 180 Å². The Morgan fingerprint density at radius 1 is 1.17 bits per heavy atom. The van der Waals surface area contributed by atoms with Crippen molar-refractivity contribution in [2.45, 2.75) is 20.8 Å². The average Bonchev–Trinajstić information content (AvgIpc) is 2.72. The van der Waals surface area contributed by atoms with Gasteiger partial charge < -0.3 is 20.5 Å². The molecule has 0 spiro atoms. The van der Waals surface area contributed by atoms with E-state index in [2.05, 4.69) is 15.3 Å². The number of rotatable bonds is 7. The van der Waals surface area contributed by atoms with Gasteiger partial charge in [-0.05, 0) is 60.9 Å². The van der Waals surface area contributed by atoms with Crippen molar-refractivity contribution < 1.29 is 14.3 Å². The van der Waals surface area contributed by atoms with Crippen LogP contribution in [0.15, 0.2) is 48.8 Å². The highest BCUT2D eigenvalue weighted by Crippen LogP contribution is 2.32. The fourth-order valence-electron chi connectivity index (χ4n) is 2.50. The van der Waals surface area contributed by atoms with Crippen molar-refractivity contribution in [2.75, 3.05) is 17.7 Å². The molecule has 3 rings (SSSR count). The minimum atomic E-state index is -0.356. The lowest BCUT2D eigenvalue weighted by atomic mass is 10.2. The standard InChI is InChI=1S/C22H23ClN4O3/c1-13(2)11-29-22(28)15-4-6-16(7-5-15)27-20-19(24)21(26-12-25-20)30-17-8-9-18(23)14(3)10-17/h4-10,12-13H,11,24H2,1-3H3,(H,25,26,27). The number of nitrogens with zero attached hydrogens (tertiary/aromatic N) is 2. The maximum atomic E-state index is 12.0. The lowest BCUT2D eigenvalue weighted by molar-refractivity contribution is 0.0459. The summed E-state index contributed by atoms with van der Waals surface area (Å²) in [5, 5.41) is 3.76. The molecule has 0 aliphatic carbocycles. The molecule has 0 bridgehead atoms. The molecule has 156 valence electrons. The van der Waals surface area contributed by atoms with Crippen LogP contribution in [0.25, 0.3) is 0 Å². The average molecular weight is 427 g/mol. The SMILES string of the molecule is Cc1cc(Oc2ncnc(Nc3ccc(C(=O)OCC(C)C)cc3)c2N)ccc1Cl. The van der Waals surface area contributed by atoms with Crippen molar-refractivity contribution in [3.05, 3.63) is 64.9 Å². The highest BCUT2D eigenvalue weighted by Gasteiger charge is 2.12. The van der Waals surface area contributed by atoms with Crippen molar-refractivity contribution in [1.29, 1.82) is 0 Å². The number of carbonyl (C=O) groups is 1. The van der Waals surface area contributed by atoms with Crippen LogP contribution in [-0.4, -0.2) is 22.5 Å². The van der Waals surface area contributed by atoms with E-state index >= 15 is 0 Å². The second-order valence-corrected chi connectivity index (χ2v) is 7.56. The Balaban J connectivity index is 1.72. The number of ether oxygens (including phenoxy) is 2. The molecular formula is C22H23ClN4O3. The molecular weight excluding hydrogens is 404 g/mol. The van der Waals surface area contributed by atoms with Crippen LogP contribution in [0.3, 0.4) is 0 Å². The number of aryl methyl sites for hydroxylation is 1. The van der Waals surface area contributed by atoms with Crippen LogP contribution in [0.5, 0.6) is 11.6 Å². The van der Waals surface area contributed by atoms with Crippen LogP contribution in [0.2, 0.25) is 5.02 Å². The first-order valence-corrected chi connectivity index (χ1v) is 9.80. The van der Waals surface area contributed by atoms with Gasteiger partial charge in [-0.1, -0.05) is 25.4 Å². The summed E-state index contributed by atoms with van der Waals surface area (Å²) in [5.74, 6) is 1.11. The summed E-state index contributed by atoms with van der Waals surface area (Å²) in [7, 11) is 0. The van der Waals surface area contributed by atoms with Gasteiger partial charge in [-0.2, -0.15) is 4.98 Å². The van der Waals surface area contributed by atoms with Gasteiger partial charge in [0.2, 0.25) is 5.88 Å². The molecule has 1 heterocycles. The smallest absolute Gasteiger partial charge is 0.338 e. The van der Waals surface area contributed by atoms with E-state index in [1.165, 1.54) is 6.33 Å². The number of anilines is 3. The zero-order chi connectivity index (χ0) is 21.7. The molecule has 0 radical (unpaired) electrons. The summed E-state index contributed by atoms with van der Waals surface area (Å²) in [4.78, 5) is 20.3. The summed E-state index contributed by atoms with van der Waals surface area (Å²) in [6.07, 6.45) is 1.36. The van der Waals surface area contributed by atoms with Crippen molar-refractivity contribution in [1.82, 2.24) is 9.97 Å². The Morgan fingerprint density at radius 2 is 1.90 bits per heavy atom. The Kier molecular flexibility index (Phi) is 6.74. The molecule has 0 saturated carbocycles. The number of hydrogen-bond acceptors (Lipinski definition) is 7. The highest BCUT2D eigenvalue weighted by molar-refractivity contribution is 6.31. The third-order valence-electron chi connectivity index (χ3n) is 4.12. The topological polar surface area (TPSA) is 99.4 Å². The predicted octanol–water partition coefficient (Wildman–Crippen LogP) is 5.37. The lowest BCUT2D eigenvalue weighted by Crippen LogP contribution is -2.10. The minimum Gasteiger partial charge on any atom is -0.462 e. The molecule has 0 saturated heterocycles. The molecule has 7 nitrogen and oxygen atoms in total. The molecule has 1 aromatic heterocycles. The first-order chi connectivity index (χ1) is 14.3. The van der Waals surface area contributed by atoms with Crippen molar-refractivity contribution in [3.8, 4) is 11.6 Å². The van der Waals surface area contributed by atoms with Crippen LogP contribution in [0.1, 0.15) is 29.8 Å². The molecule has 0 atom stereocenters. The van der Waals surface area contributed by atoms with E-state index in [1.54, 1.807) is 42.5 Å². The van der Waals surface area contributed by atoms with E-state index in [0.717, 1.165) is 5.56 Å². The molecule has 3 N–H and O–H groups in total. The number of esters is 1. The molecule has 0 aliphatic rings. The van der Waals surface area contributed by atoms with E-state index in [1.807, 2.05) is 20.8 Å². The molecule has 0 unspecified atom stereocenters. The minimum absolute atomic E-state index is 0.225. The number of nitrogens with two attached hydrogens (primary N) is 1. The summed E-state index contributed by atoms with van der Waals surface area (Å²) < 4.78 is 11.0. The van der Waals surface area contributed by atoms with Gasteiger partial charge in [0.15, 0.2) is 5.82 Å². The first-order valence-electron chi connectivity index (χ1n) is 9.42. The number of halogens is 1. The van der Waals surface area contributed by atoms with Gasteiger partial charge in [-0.3, -0.25) is 0 Å².